The lowest BCUT2D eigenvalue weighted by Gasteiger charge is -2.30. The zero-order chi connectivity index (χ0) is 16.8. The molecule has 0 aromatic carbocycles. The number of aryl methyl sites for hydroxylation is 3. The average Bonchev–Trinajstić information content (AvgIpc) is 3.23. The molecule has 0 saturated carbocycles. The van der Waals surface area contributed by atoms with Gasteiger partial charge in [0.05, 0.1) is 0 Å². The second-order valence-electron chi connectivity index (χ2n) is 7.39. The Balaban J connectivity index is 1.55. The number of hydrogen-bond acceptors (Lipinski definition) is 3. The zero-order valence-corrected chi connectivity index (χ0v) is 14.8. The van der Waals surface area contributed by atoms with Crippen LogP contribution in [-0.4, -0.2) is 32.5 Å². The molecule has 1 unspecified atom stereocenters. The lowest BCUT2D eigenvalue weighted by molar-refractivity contribution is 0.242. The Hall–Kier alpha value is -2.20. The highest BCUT2D eigenvalue weighted by molar-refractivity contribution is 5.83. The van der Waals surface area contributed by atoms with Crippen LogP contribution in [0.5, 0.6) is 0 Å². The molecule has 5 heterocycles. The van der Waals surface area contributed by atoms with Gasteiger partial charge in [-0.15, -0.1) is 0 Å². The van der Waals surface area contributed by atoms with Crippen LogP contribution in [0.25, 0.3) is 11.0 Å². The summed E-state index contributed by atoms with van der Waals surface area (Å²) < 4.78 is 2.49. The first kappa shape index (κ1) is 15.1. The number of hydrogen-bond donors (Lipinski definition) is 0. The molecule has 0 amide bonds. The summed E-state index contributed by atoms with van der Waals surface area (Å²) in [5, 5.41) is 1.37. The normalized spacial score (nSPS) is 20.0. The fourth-order valence-electron chi connectivity index (χ4n) is 4.69. The van der Waals surface area contributed by atoms with Gasteiger partial charge < -0.3 is 4.57 Å². The maximum atomic E-state index is 4.76. The third-order valence-electron chi connectivity index (χ3n) is 5.90. The van der Waals surface area contributed by atoms with Gasteiger partial charge in [-0.2, -0.15) is 0 Å². The molecular formula is C21H24N4. The molecule has 1 saturated heterocycles. The highest BCUT2D eigenvalue weighted by Gasteiger charge is 2.35. The predicted molar refractivity (Wildman–Crippen MR) is 99.7 cm³/mol. The van der Waals surface area contributed by atoms with Gasteiger partial charge in [-0.05, 0) is 62.1 Å². The Kier molecular flexibility index (Phi) is 3.59. The van der Waals surface area contributed by atoms with E-state index in [1.54, 1.807) is 5.56 Å². The second kappa shape index (κ2) is 5.95. The summed E-state index contributed by atoms with van der Waals surface area (Å²) in [5.74, 6) is 0. The predicted octanol–water partition coefficient (Wildman–Crippen LogP) is 3.68. The van der Waals surface area contributed by atoms with E-state index in [0.717, 1.165) is 25.1 Å². The average molecular weight is 332 g/mol. The van der Waals surface area contributed by atoms with Gasteiger partial charge in [0.2, 0.25) is 0 Å². The summed E-state index contributed by atoms with van der Waals surface area (Å²) in [4.78, 5) is 11.9. The van der Waals surface area contributed by atoms with Crippen molar-refractivity contribution in [1.29, 1.82) is 0 Å². The van der Waals surface area contributed by atoms with Crippen molar-refractivity contribution in [3.63, 3.8) is 0 Å². The van der Waals surface area contributed by atoms with Crippen molar-refractivity contribution in [2.75, 3.05) is 13.1 Å². The van der Waals surface area contributed by atoms with Gasteiger partial charge >= 0.3 is 0 Å². The monoisotopic (exact) mass is 332 g/mol. The first-order chi connectivity index (χ1) is 12.3. The number of aromatic nitrogens is 3. The van der Waals surface area contributed by atoms with E-state index in [4.69, 9.17) is 4.98 Å². The third kappa shape index (κ3) is 2.47. The first-order valence-electron chi connectivity index (χ1n) is 9.43. The molecule has 1 atom stereocenters. The first-order valence-corrected chi connectivity index (χ1v) is 9.43. The van der Waals surface area contributed by atoms with Crippen molar-refractivity contribution in [2.45, 2.75) is 45.2 Å². The minimum Gasteiger partial charge on any atom is -0.329 e. The Morgan fingerprint density at radius 2 is 2.12 bits per heavy atom. The molecule has 2 aliphatic heterocycles. The van der Waals surface area contributed by atoms with Gasteiger partial charge in [0.1, 0.15) is 5.65 Å². The Labute approximate surface area is 148 Å². The molecule has 0 bridgehead atoms. The van der Waals surface area contributed by atoms with Crippen LogP contribution in [0.3, 0.4) is 0 Å². The van der Waals surface area contributed by atoms with Crippen molar-refractivity contribution in [3.05, 3.63) is 59.2 Å². The highest BCUT2D eigenvalue weighted by atomic mass is 15.2. The maximum Gasteiger partial charge on any atom is 0.140 e. The molecule has 128 valence electrons. The topological polar surface area (TPSA) is 34.0 Å². The Morgan fingerprint density at radius 1 is 1.16 bits per heavy atom. The molecule has 4 nitrogen and oxygen atoms in total. The SMILES string of the molecule is Cc1ccc(CCn2c3c(c4cccnc42)C2CCCN2CC3)cn1. The molecule has 4 heteroatoms. The van der Waals surface area contributed by atoms with Gasteiger partial charge in [-0.1, -0.05) is 6.07 Å². The van der Waals surface area contributed by atoms with E-state index in [2.05, 4.69) is 38.7 Å². The van der Waals surface area contributed by atoms with Crippen molar-refractivity contribution >= 4 is 11.0 Å². The summed E-state index contributed by atoms with van der Waals surface area (Å²) in [6, 6.07) is 9.27. The van der Waals surface area contributed by atoms with Gasteiger partial charge in [-0.3, -0.25) is 9.88 Å². The molecular weight excluding hydrogens is 308 g/mol. The van der Waals surface area contributed by atoms with Crippen molar-refractivity contribution in [2.24, 2.45) is 0 Å². The van der Waals surface area contributed by atoms with E-state index in [1.807, 2.05) is 19.3 Å². The van der Waals surface area contributed by atoms with Crippen LogP contribution in [0.2, 0.25) is 0 Å². The van der Waals surface area contributed by atoms with Crippen molar-refractivity contribution in [1.82, 2.24) is 19.4 Å². The van der Waals surface area contributed by atoms with E-state index in [-0.39, 0.29) is 0 Å². The number of pyridine rings is 2. The largest absolute Gasteiger partial charge is 0.329 e. The summed E-state index contributed by atoms with van der Waals surface area (Å²) in [5.41, 5.74) is 6.64. The molecule has 0 aliphatic carbocycles. The number of rotatable bonds is 3. The van der Waals surface area contributed by atoms with Crippen molar-refractivity contribution < 1.29 is 0 Å². The quantitative estimate of drug-likeness (QED) is 0.734. The molecule has 0 N–H and O–H groups in total. The minimum atomic E-state index is 0.609. The zero-order valence-electron chi connectivity index (χ0n) is 14.8. The van der Waals surface area contributed by atoms with Crippen LogP contribution in [0.15, 0.2) is 36.7 Å². The van der Waals surface area contributed by atoms with Crippen LogP contribution in [0, 0.1) is 6.92 Å². The molecule has 3 aromatic rings. The van der Waals surface area contributed by atoms with Crippen LogP contribution in [-0.2, 0) is 19.4 Å². The second-order valence-corrected chi connectivity index (χ2v) is 7.39. The van der Waals surface area contributed by atoms with E-state index in [1.165, 1.54) is 48.2 Å². The fraction of sp³-hybridized carbons (Fsp3) is 0.429. The number of fused-ring (bicyclic) bond motifs is 5. The van der Waals surface area contributed by atoms with Crippen molar-refractivity contribution in [3.8, 4) is 0 Å². The van der Waals surface area contributed by atoms with Crippen LogP contribution >= 0.6 is 0 Å². The molecule has 5 rings (SSSR count). The van der Waals surface area contributed by atoms with Gasteiger partial charge in [0.15, 0.2) is 0 Å². The third-order valence-corrected chi connectivity index (χ3v) is 5.90. The van der Waals surface area contributed by atoms with E-state index in [9.17, 15) is 0 Å². The van der Waals surface area contributed by atoms with Gasteiger partial charge in [0.25, 0.3) is 0 Å². The van der Waals surface area contributed by atoms with E-state index >= 15 is 0 Å². The van der Waals surface area contributed by atoms with E-state index < -0.39 is 0 Å². The van der Waals surface area contributed by atoms with Crippen LogP contribution in [0.1, 0.15) is 41.4 Å². The Morgan fingerprint density at radius 3 is 3.00 bits per heavy atom. The smallest absolute Gasteiger partial charge is 0.140 e. The number of nitrogens with zero attached hydrogens (tertiary/aromatic N) is 4. The molecule has 3 aromatic heterocycles. The molecule has 1 fully saturated rings. The minimum absolute atomic E-state index is 0.609. The summed E-state index contributed by atoms with van der Waals surface area (Å²) in [6.45, 7) is 5.48. The summed E-state index contributed by atoms with van der Waals surface area (Å²) in [7, 11) is 0. The van der Waals surface area contributed by atoms with Gasteiger partial charge in [-0.25, -0.2) is 4.98 Å². The Bertz CT molecular complexity index is 910. The van der Waals surface area contributed by atoms with E-state index in [0.29, 0.717) is 6.04 Å². The standard InChI is InChI=1S/C21H24N4/c1-15-6-7-16(14-23-15)8-13-25-19-9-12-24-11-3-5-18(24)20(19)17-4-2-10-22-21(17)25/h2,4,6-7,10,14,18H,3,5,8-9,11-13H2,1H3. The molecule has 0 spiro atoms. The van der Waals surface area contributed by atoms with Crippen LogP contribution in [0.4, 0.5) is 0 Å². The lowest BCUT2D eigenvalue weighted by atomic mass is 9.96. The van der Waals surface area contributed by atoms with Crippen LogP contribution < -0.4 is 0 Å². The molecule has 0 radical (unpaired) electrons. The van der Waals surface area contributed by atoms with Gasteiger partial charge in [0, 0.05) is 54.7 Å². The summed E-state index contributed by atoms with van der Waals surface area (Å²) in [6.07, 6.45) is 8.72. The fourth-order valence-corrected chi connectivity index (χ4v) is 4.69. The molecule has 25 heavy (non-hydrogen) atoms. The highest BCUT2D eigenvalue weighted by Crippen LogP contribution is 2.42. The lowest BCUT2D eigenvalue weighted by Crippen LogP contribution is -2.31. The maximum absolute atomic E-state index is 4.76. The summed E-state index contributed by atoms with van der Waals surface area (Å²) >= 11 is 0. The molecule has 2 aliphatic rings.